The summed E-state index contributed by atoms with van der Waals surface area (Å²) in [5.74, 6) is -0.977. The number of thiophene rings is 1. The van der Waals surface area contributed by atoms with Crippen LogP contribution in [0, 0.1) is 5.92 Å². The Hall–Kier alpha value is -0.390. The van der Waals surface area contributed by atoms with Crippen LogP contribution in [0.15, 0.2) is 15.9 Å². The van der Waals surface area contributed by atoms with Crippen molar-refractivity contribution in [2.45, 2.75) is 19.9 Å². The van der Waals surface area contributed by atoms with E-state index >= 15 is 0 Å². The maximum Gasteiger partial charge on any atom is 0.307 e. The number of aliphatic carboxylic acids is 1. The Bertz CT molecular complexity index is 354. The summed E-state index contributed by atoms with van der Waals surface area (Å²) in [7, 11) is 1.96. The lowest BCUT2D eigenvalue weighted by Crippen LogP contribution is -2.29. The molecule has 0 radical (unpaired) electrons. The molecule has 1 aromatic heterocycles. The molecular weight excluding hydrogens is 290 g/mol. The minimum absolute atomic E-state index is 0.270. The molecule has 1 unspecified atom stereocenters. The average molecular weight is 306 g/mol. The smallest absolute Gasteiger partial charge is 0.307 e. The van der Waals surface area contributed by atoms with Crippen LogP contribution >= 0.6 is 27.3 Å². The topological polar surface area (TPSA) is 40.5 Å². The van der Waals surface area contributed by atoms with E-state index < -0.39 is 5.97 Å². The molecule has 0 amide bonds. The van der Waals surface area contributed by atoms with Gasteiger partial charge in [-0.1, -0.05) is 6.92 Å². The molecule has 0 aliphatic rings. The van der Waals surface area contributed by atoms with Gasteiger partial charge in [-0.3, -0.25) is 4.79 Å². The number of hydrogen-bond acceptors (Lipinski definition) is 3. The van der Waals surface area contributed by atoms with Crippen LogP contribution in [0.4, 0.5) is 0 Å². The first kappa shape index (κ1) is 13.7. The maximum absolute atomic E-state index is 10.9. The molecule has 3 nitrogen and oxygen atoms in total. The number of halogens is 1. The van der Waals surface area contributed by atoms with Gasteiger partial charge in [0.15, 0.2) is 0 Å². The van der Waals surface area contributed by atoms with Crippen molar-refractivity contribution in [3.63, 3.8) is 0 Å². The van der Waals surface area contributed by atoms with Gasteiger partial charge in [0, 0.05) is 27.8 Å². The van der Waals surface area contributed by atoms with Gasteiger partial charge in [0.25, 0.3) is 0 Å². The van der Waals surface area contributed by atoms with Crippen LogP contribution in [0.3, 0.4) is 0 Å². The summed E-state index contributed by atoms with van der Waals surface area (Å²) < 4.78 is 1.09. The summed E-state index contributed by atoms with van der Waals surface area (Å²) >= 11 is 5.09. The van der Waals surface area contributed by atoms with E-state index in [0.717, 1.165) is 11.0 Å². The highest BCUT2D eigenvalue weighted by Crippen LogP contribution is 2.21. The molecular formula is C11H16BrNO2S. The van der Waals surface area contributed by atoms with E-state index in [2.05, 4.69) is 26.9 Å². The van der Waals surface area contributed by atoms with Gasteiger partial charge in [0.05, 0.1) is 5.92 Å². The lowest BCUT2D eigenvalue weighted by Gasteiger charge is -2.19. The summed E-state index contributed by atoms with van der Waals surface area (Å²) in [6, 6.07) is 2.07. The minimum Gasteiger partial charge on any atom is -0.481 e. The number of carboxylic acid groups (broad SMARTS) is 1. The van der Waals surface area contributed by atoms with Crippen molar-refractivity contribution in [3.05, 3.63) is 20.8 Å². The Kier molecular flexibility index (Phi) is 5.44. The summed E-state index contributed by atoms with van der Waals surface area (Å²) in [5, 5.41) is 11.0. The largest absolute Gasteiger partial charge is 0.481 e. The zero-order valence-electron chi connectivity index (χ0n) is 9.44. The molecule has 16 heavy (non-hydrogen) atoms. The lowest BCUT2D eigenvalue weighted by atomic mass is 10.1. The quantitative estimate of drug-likeness (QED) is 0.878. The van der Waals surface area contributed by atoms with Crippen LogP contribution in [-0.4, -0.2) is 29.6 Å². The lowest BCUT2D eigenvalue weighted by molar-refractivity contribution is -0.142. The van der Waals surface area contributed by atoms with Crippen molar-refractivity contribution in [3.8, 4) is 0 Å². The van der Waals surface area contributed by atoms with Gasteiger partial charge in [-0.2, -0.15) is 0 Å². The van der Waals surface area contributed by atoms with E-state index in [1.54, 1.807) is 11.3 Å². The third kappa shape index (κ3) is 4.23. The third-order valence-corrected chi connectivity index (χ3v) is 4.10. The van der Waals surface area contributed by atoms with Crippen LogP contribution in [0.5, 0.6) is 0 Å². The third-order valence-electron chi connectivity index (χ3n) is 2.42. The number of nitrogens with zero attached hydrogens (tertiary/aromatic N) is 1. The van der Waals surface area contributed by atoms with Crippen LogP contribution in [-0.2, 0) is 11.3 Å². The molecule has 0 saturated carbocycles. The molecule has 1 N–H and O–H groups in total. The van der Waals surface area contributed by atoms with Crippen molar-refractivity contribution in [1.82, 2.24) is 4.90 Å². The van der Waals surface area contributed by atoms with E-state index in [9.17, 15) is 4.79 Å². The van der Waals surface area contributed by atoms with E-state index in [1.807, 2.05) is 19.4 Å². The van der Waals surface area contributed by atoms with Gasteiger partial charge in [-0.25, -0.2) is 0 Å². The molecule has 0 spiro atoms. The summed E-state index contributed by atoms with van der Waals surface area (Å²) in [6.45, 7) is 3.32. The molecule has 0 aliphatic heterocycles. The Morgan fingerprint density at radius 2 is 2.38 bits per heavy atom. The molecule has 1 heterocycles. The fourth-order valence-corrected chi connectivity index (χ4v) is 3.06. The van der Waals surface area contributed by atoms with Crippen LogP contribution in [0.1, 0.15) is 18.2 Å². The second-order valence-corrected chi connectivity index (χ2v) is 5.78. The minimum atomic E-state index is -0.707. The number of hydrogen-bond donors (Lipinski definition) is 1. The van der Waals surface area contributed by atoms with Gasteiger partial charge in [0.1, 0.15) is 0 Å². The number of rotatable bonds is 6. The van der Waals surface area contributed by atoms with E-state index in [-0.39, 0.29) is 5.92 Å². The van der Waals surface area contributed by atoms with Crippen molar-refractivity contribution < 1.29 is 9.90 Å². The average Bonchev–Trinajstić information content (AvgIpc) is 2.60. The first-order valence-corrected chi connectivity index (χ1v) is 6.84. The predicted molar refractivity (Wildman–Crippen MR) is 69.8 cm³/mol. The Labute approximate surface area is 108 Å². The summed E-state index contributed by atoms with van der Waals surface area (Å²) in [6.07, 6.45) is 0.674. The highest BCUT2D eigenvalue weighted by atomic mass is 79.9. The fourth-order valence-electron chi connectivity index (χ4n) is 1.53. The van der Waals surface area contributed by atoms with Gasteiger partial charge >= 0.3 is 5.97 Å². The van der Waals surface area contributed by atoms with Crippen LogP contribution in [0.2, 0.25) is 0 Å². The fraction of sp³-hybridized carbons (Fsp3) is 0.545. The Morgan fingerprint density at radius 3 is 2.81 bits per heavy atom. The summed E-state index contributed by atoms with van der Waals surface area (Å²) in [4.78, 5) is 14.2. The van der Waals surface area contributed by atoms with Crippen LogP contribution < -0.4 is 0 Å². The molecule has 0 aliphatic carbocycles. The first-order chi connectivity index (χ1) is 7.52. The normalized spacial score (nSPS) is 13.0. The Morgan fingerprint density at radius 1 is 1.69 bits per heavy atom. The zero-order valence-corrected chi connectivity index (χ0v) is 11.8. The molecule has 1 aromatic rings. The molecule has 0 aromatic carbocycles. The highest BCUT2D eigenvalue weighted by molar-refractivity contribution is 9.10. The van der Waals surface area contributed by atoms with E-state index in [0.29, 0.717) is 13.0 Å². The number of carbonyl (C=O) groups is 1. The maximum atomic E-state index is 10.9. The van der Waals surface area contributed by atoms with Crippen molar-refractivity contribution in [1.29, 1.82) is 0 Å². The molecule has 0 fully saturated rings. The van der Waals surface area contributed by atoms with E-state index in [4.69, 9.17) is 5.11 Å². The van der Waals surface area contributed by atoms with Crippen molar-refractivity contribution >= 4 is 33.2 Å². The molecule has 0 bridgehead atoms. The zero-order chi connectivity index (χ0) is 12.1. The highest BCUT2D eigenvalue weighted by Gasteiger charge is 2.17. The second kappa shape index (κ2) is 6.37. The second-order valence-electron chi connectivity index (χ2n) is 3.87. The van der Waals surface area contributed by atoms with Gasteiger partial charge in [-0.15, -0.1) is 11.3 Å². The molecule has 5 heteroatoms. The van der Waals surface area contributed by atoms with Crippen molar-refractivity contribution in [2.75, 3.05) is 13.6 Å². The van der Waals surface area contributed by atoms with Gasteiger partial charge < -0.3 is 10.0 Å². The van der Waals surface area contributed by atoms with Gasteiger partial charge in [-0.05, 0) is 35.5 Å². The molecule has 1 rings (SSSR count). The monoisotopic (exact) mass is 305 g/mol. The first-order valence-electron chi connectivity index (χ1n) is 5.17. The number of carboxylic acids is 1. The van der Waals surface area contributed by atoms with E-state index in [1.165, 1.54) is 4.88 Å². The SMILES string of the molecule is CCC(CN(C)Cc1cc(Br)cs1)C(=O)O. The standard InChI is InChI=1S/C11H16BrNO2S/c1-3-8(11(14)15)5-13(2)6-10-4-9(12)7-16-10/h4,7-8H,3,5-6H2,1-2H3,(H,14,15). The van der Waals surface area contributed by atoms with Gasteiger partial charge in [0.2, 0.25) is 0 Å². The molecule has 0 saturated heterocycles. The van der Waals surface area contributed by atoms with Crippen LogP contribution in [0.25, 0.3) is 0 Å². The predicted octanol–water partition coefficient (Wildman–Crippen LogP) is 3.05. The summed E-state index contributed by atoms with van der Waals surface area (Å²) in [5.41, 5.74) is 0. The van der Waals surface area contributed by atoms with Crippen molar-refractivity contribution in [2.24, 2.45) is 5.92 Å². The Balaban J connectivity index is 2.46. The molecule has 1 atom stereocenters. The molecule has 90 valence electrons.